The van der Waals surface area contributed by atoms with E-state index in [1.807, 2.05) is 24.3 Å². The molecule has 1 aromatic carbocycles. The number of carbonyl (C=O) groups excluding carboxylic acids is 1. The summed E-state index contributed by atoms with van der Waals surface area (Å²) >= 11 is 0. The van der Waals surface area contributed by atoms with Gasteiger partial charge in [-0.3, -0.25) is 4.79 Å². The Bertz CT molecular complexity index is 712. The number of nitrogens with zero attached hydrogens (tertiary/aromatic N) is 2. The maximum Gasteiger partial charge on any atom is 0.154 e. The Hall–Kier alpha value is -2.82. The molecule has 0 unspecified atom stereocenters. The van der Waals surface area contributed by atoms with Crippen LogP contribution in [0.15, 0.2) is 53.3 Å². The van der Waals surface area contributed by atoms with Gasteiger partial charge in [-0.15, -0.1) is 0 Å². The summed E-state index contributed by atoms with van der Waals surface area (Å²) in [6, 6.07) is 10.9. The molecule has 0 aliphatic rings. The highest BCUT2D eigenvalue weighted by Gasteiger charge is 2.13. The fourth-order valence-corrected chi connectivity index (χ4v) is 1.95. The van der Waals surface area contributed by atoms with Crippen molar-refractivity contribution in [2.24, 2.45) is 0 Å². The van der Waals surface area contributed by atoms with Gasteiger partial charge in [-0.1, -0.05) is 0 Å². The molecule has 0 fully saturated rings. The van der Waals surface area contributed by atoms with E-state index in [-0.39, 0.29) is 0 Å². The van der Waals surface area contributed by atoms with Gasteiger partial charge in [-0.05, 0) is 36.4 Å². The van der Waals surface area contributed by atoms with E-state index in [4.69, 9.17) is 9.15 Å². The number of benzene rings is 1. The summed E-state index contributed by atoms with van der Waals surface area (Å²) in [7, 11) is 1.61. The predicted octanol–water partition coefficient (Wildman–Crippen LogP) is 2.95. The zero-order chi connectivity index (χ0) is 13.9. The zero-order valence-corrected chi connectivity index (χ0v) is 10.8. The van der Waals surface area contributed by atoms with E-state index in [0.29, 0.717) is 17.0 Å². The molecule has 0 spiro atoms. The van der Waals surface area contributed by atoms with Crippen LogP contribution in [-0.2, 0) is 0 Å². The van der Waals surface area contributed by atoms with E-state index < -0.39 is 0 Å². The van der Waals surface area contributed by atoms with Crippen LogP contribution in [0.1, 0.15) is 10.4 Å². The molecule has 0 radical (unpaired) electrons. The molecule has 0 saturated heterocycles. The van der Waals surface area contributed by atoms with E-state index in [0.717, 1.165) is 17.7 Å². The van der Waals surface area contributed by atoms with Crippen molar-refractivity contribution in [3.63, 3.8) is 0 Å². The predicted molar refractivity (Wildman–Crippen MR) is 73.2 cm³/mol. The molecule has 0 amide bonds. The van der Waals surface area contributed by atoms with Crippen LogP contribution in [0, 0.1) is 0 Å². The normalized spacial score (nSPS) is 10.4. The first-order valence-corrected chi connectivity index (χ1v) is 6.05. The molecule has 0 aliphatic carbocycles. The largest absolute Gasteiger partial charge is 0.497 e. The molecule has 100 valence electrons. The first-order valence-electron chi connectivity index (χ1n) is 6.05. The first kappa shape index (κ1) is 12.2. The molecule has 0 bridgehead atoms. The van der Waals surface area contributed by atoms with Crippen LogP contribution in [0.5, 0.6) is 5.75 Å². The van der Waals surface area contributed by atoms with Crippen LogP contribution < -0.4 is 4.74 Å². The number of furan rings is 1. The number of methoxy groups -OCH3 is 1. The molecule has 0 atom stereocenters. The third-order valence-electron chi connectivity index (χ3n) is 2.96. The summed E-state index contributed by atoms with van der Waals surface area (Å²) in [5, 5.41) is 4.40. The fraction of sp³-hybridized carbons (Fsp3) is 0.0667. The molecule has 5 nitrogen and oxygen atoms in total. The van der Waals surface area contributed by atoms with E-state index in [2.05, 4.69) is 5.10 Å². The minimum absolute atomic E-state index is 0.482. The van der Waals surface area contributed by atoms with Gasteiger partial charge in [0, 0.05) is 6.20 Å². The molecule has 3 aromatic rings. The van der Waals surface area contributed by atoms with E-state index in [9.17, 15) is 4.79 Å². The van der Waals surface area contributed by atoms with Gasteiger partial charge in [0.1, 0.15) is 11.4 Å². The van der Waals surface area contributed by atoms with Crippen molar-refractivity contribution in [3.8, 4) is 22.9 Å². The van der Waals surface area contributed by atoms with E-state index >= 15 is 0 Å². The smallest absolute Gasteiger partial charge is 0.154 e. The average molecular weight is 268 g/mol. The van der Waals surface area contributed by atoms with Gasteiger partial charge in [-0.25, -0.2) is 4.68 Å². The van der Waals surface area contributed by atoms with Crippen LogP contribution in [-0.4, -0.2) is 23.2 Å². The average Bonchev–Trinajstić information content (AvgIpc) is 3.16. The Morgan fingerprint density at radius 2 is 2.05 bits per heavy atom. The Kier molecular flexibility index (Phi) is 3.09. The lowest BCUT2D eigenvalue weighted by atomic mass is 10.2. The summed E-state index contributed by atoms with van der Waals surface area (Å²) in [5.41, 5.74) is 1.85. The highest BCUT2D eigenvalue weighted by Crippen LogP contribution is 2.23. The number of hydrogen-bond donors (Lipinski definition) is 0. The van der Waals surface area contributed by atoms with E-state index in [1.54, 1.807) is 36.4 Å². The monoisotopic (exact) mass is 268 g/mol. The van der Waals surface area contributed by atoms with Gasteiger partial charge in [0.25, 0.3) is 0 Å². The van der Waals surface area contributed by atoms with Crippen molar-refractivity contribution in [1.82, 2.24) is 9.78 Å². The lowest BCUT2D eigenvalue weighted by molar-refractivity contribution is 0.112. The van der Waals surface area contributed by atoms with Gasteiger partial charge >= 0.3 is 0 Å². The maximum absolute atomic E-state index is 11.2. The standard InChI is InChI=1S/C15H12N2O3/c1-19-13-6-4-12(5-7-13)17-9-11(10-18)15(16-17)14-3-2-8-20-14/h2-10H,1H3. The number of hydrogen-bond acceptors (Lipinski definition) is 4. The third-order valence-corrected chi connectivity index (χ3v) is 2.96. The number of aromatic nitrogens is 2. The molecule has 0 N–H and O–H groups in total. The second-order valence-electron chi connectivity index (χ2n) is 4.17. The minimum Gasteiger partial charge on any atom is -0.497 e. The van der Waals surface area contributed by atoms with Gasteiger partial charge < -0.3 is 9.15 Å². The Labute approximate surface area is 115 Å². The molecule has 3 rings (SSSR count). The van der Waals surface area contributed by atoms with Crippen molar-refractivity contribution >= 4 is 6.29 Å². The highest BCUT2D eigenvalue weighted by atomic mass is 16.5. The van der Waals surface area contributed by atoms with Crippen LogP contribution in [0.3, 0.4) is 0 Å². The zero-order valence-electron chi connectivity index (χ0n) is 10.8. The number of ether oxygens (including phenoxy) is 1. The number of carbonyl (C=O) groups is 1. The lowest BCUT2D eigenvalue weighted by Gasteiger charge is -2.02. The van der Waals surface area contributed by atoms with Crippen LogP contribution in [0.4, 0.5) is 0 Å². The Morgan fingerprint density at radius 3 is 2.65 bits per heavy atom. The quantitative estimate of drug-likeness (QED) is 0.683. The molecule has 5 heteroatoms. The van der Waals surface area contributed by atoms with Gasteiger partial charge in [0.2, 0.25) is 0 Å². The maximum atomic E-state index is 11.2. The highest BCUT2D eigenvalue weighted by molar-refractivity contribution is 5.84. The Balaban J connectivity index is 2.04. The fourth-order valence-electron chi connectivity index (χ4n) is 1.95. The second-order valence-corrected chi connectivity index (χ2v) is 4.17. The number of rotatable bonds is 4. The third kappa shape index (κ3) is 2.09. The van der Waals surface area contributed by atoms with E-state index in [1.165, 1.54) is 0 Å². The molecule has 20 heavy (non-hydrogen) atoms. The summed E-state index contributed by atoms with van der Waals surface area (Å²) in [5.74, 6) is 1.34. The van der Waals surface area contributed by atoms with Gasteiger partial charge in [0.05, 0.1) is 24.6 Å². The Morgan fingerprint density at radius 1 is 1.25 bits per heavy atom. The summed E-state index contributed by atoms with van der Waals surface area (Å²) in [6.07, 6.45) is 3.99. The van der Waals surface area contributed by atoms with Gasteiger partial charge in [-0.2, -0.15) is 5.10 Å². The molecule has 2 heterocycles. The van der Waals surface area contributed by atoms with Gasteiger partial charge in [0.15, 0.2) is 12.0 Å². The molecule has 0 aliphatic heterocycles. The van der Waals surface area contributed by atoms with Crippen LogP contribution >= 0.6 is 0 Å². The van der Waals surface area contributed by atoms with Crippen molar-refractivity contribution in [2.75, 3.05) is 7.11 Å². The summed E-state index contributed by atoms with van der Waals surface area (Å²) < 4.78 is 12.0. The van der Waals surface area contributed by atoms with Crippen molar-refractivity contribution < 1.29 is 13.9 Å². The molecule has 2 aromatic heterocycles. The topological polar surface area (TPSA) is 57.3 Å². The van der Waals surface area contributed by atoms with Crippen molar-refractivity contribution in [3.05, 3.63) is 54.4 Å². The lowest BCUT2D eigenvalue weighted by Crippen LogP contribution is -1.94. The molecule has 0 saturated carbocycles. The van der Waals surface area contributed by atoms with Crippen LogP contribution in [0.2, 0.25) is 0 Å². The van der Waals surface area contributed by atoms with Crippen LogP contribution in [0.25, 0.3) is 17.1 Å². The minimum atomic E-state index is 0.482. The molecular formula is C15H12N2O3. The summed E-state index contributed by atoms with van der Waals surface area (Å²) in [6.45, 7) is 0. The molecular weight excluding hydrogens is 256 g/mol. The number of aldehydes is 1. The first-order chi connectivity index (χ1) is 9.81. The summed E-state index contributed by atoms with van der Waals surface area (Å²) in [4.78, 5) is 11.2. The van der Waals surface area contributed by atoms with Crippen molar-refractivity contribution in [1.29, 1.82) is 0 Å². The SMILES string of the molecule is COc1ccc(-n2cc(C=O)c(-c3ccco3)n2)cc1. The van der Waals surface area contributed by atoms with Crippen molar-refractivity contribution in [2.45, 2.75) is 0 Å². The second kappa shape index (κ2) is 5.05.